The van der Waals surface area contributed by atoms with Crippen LogP contribution in [0.2, 0.25) is 0 Å². The molecule has 110 valence electrons. The van der Waals surface area contributed by atoms with Crippen LogP contribution < -0.4 is 4.74 Å². The molecule has 1 aliphatic rings. The number of rotatable bonds is 5. The van der Waals surface area contributed by atoms with Crippen LogP contribution in [0.5, 0.6) is 5.75 Å². The largest absolute Gasteiger partial charge is 0.497 e. The second kappa shape index (κ2) is 5.83. The molecule has 2 rings (SSSR count). The molecule has 0 spiro atoms. The molecule has 1 heterocycles. The number of aliphatic carboxylic acids is 1. The van der Waals surface area contributed by atoms with E-state index in [4.69, 9.17) is 4.74 Å². The number of ether oxygens (including phenoxy) is 1. The Morgan fingerprint density at radius 2 is 2.25 bits per heavy atom. The molecule has 1 aliphatic heterocycles. The predicted octanol–water partition coefficient (Wildman–Crippen LogP) is 2.63. The molecule has 1 atom stereocenters. The zero-order valence-corrected chi connectivity index (χ0v) is 12.4. The van der Waals surface area contributed by atoms with Crippen molar-refractivity contribution in [2.24, 2.45) is 11.3 Å². The summed E-state index contributed by atoms with van der Waals surface area (Å²) in [7, 11) is 1.66. The number of nitrogens with zero attached hydrogens (tertiary/aromatic N) is 1. The molecule has 0 aromatic heterocycles. The minimum absolute atomic E-state index is 0.148. The Balaban J connectivity index is 2.07. The average Bonchev–Trinajstić information content (AvgIpc) is 2.84. The standard InChI is InChI=1S/C16H23NO3/c1-12(2)16(15(18)19)7-8-17(11-16)10-13-5-4-6-14(9-13)20-3/h4-6,9,12H,7-8,10-11H2,1-3H3,(H,18,19). The molecule has 1 N–H and O–H groups in total. The first kappa shape index (κ1) is 14.9. The summed E-state index contributed by atoms with van der Waals surface area (Å²) < 4.78 is 5.22. The number of methoxy groups -OCH3 is 1. The lowest BCUT2D eigenvalue weighted by atomic mass is 9.76. The van der Waals surface area contributed by atoms with E-state index >= 15 is 0 Å². The highest BCUT2D eigenvalue weighted by molar-refractivity contribution is 5.75. The quantitative estimate of drug-likeness (QED) is 0.899. The number of carboxylic acids is 1. The summed E-state index contributed by atoms with van der Waals surface area (Å²) in [4.78, 5) is 13.8. The highest BCUT2D eigenvalue weighted by atomic mass is 16.5. The Morgan fingerprint density at radius 1 is 1.50 bits per heavy atom. The van der Waals surface area contributed by atoms with Gasteiger partial charge in [0.1, 0.15) is 5.75 Å². The lowest BCUT2D eigenvalue weighted by molar-refractivity contribution is -0.151. The van der Waals surface area contributed by atoms with Crippen molar-refractivity contribution in [3.63, 3.8) is 0 Å². The molecule has 1 saturated heterocycles. The Bertz CT molecular complexity index is 486. The molecule has 1 unspecified atom stereocenters. The van der Waals surface area contributed by atoms with Crippen molar-refractivity contribution in [2.75, 3.05) is 20.2 Å². The van der Waals surface area contributed by atoms with Crippen molar-refractivity contribution >= 4 is 5.97 Å². The lowest BCUT2D eigenvalue weighted by Gasteiger charge is -2.28. The monoisotopic (exact) mass is 277 g/mol. The molecule has 20 heavy (non-hydrogen) atoms. The summed E-state index contributed by atoms with van der Waals surface area (Å²) in [5.74, 6) is 0.325. The number of hydrogen-bond acceptors (Lipinski definition) is 3. The third-order valence-corrected chi connectivity index (χ3v) is 4.45. The molecule has 1 fully saturated rings. The van der Waals surface area contributed by atoms with E-state index < -0.39 is 11.4 Å². The smallest absolute Gasteiger partial charge is 0.311 e. The highest BCUT2D eigenvalue weighted by Gasteiger charge is 2.46. The molecule has 0 amide bonds. The normalized spacial score (nSPS) is 23.2. The van der Waals surface area contributed by atoms with E-state index in [0.717, 1.165) is 30.8 Å². The molecule has 0 bridgehead atoms. The fourth-order valence-corrected chi connectivity index (χ4v) is 2.97. The Morgan fingerprint density at radius 3 is 2.80 bits per heavy atom. The van der Waals surface area contributed by atoms with Crippen molar-refractivity contribution < 1.29 is 14.6 Å². The molecule has 1 aromatic carbocycles. The van der Waals surface area contributed by atoms with E-state index in [9.17, 15) is 9.90 Å². The SMILES string of the molecule is COc1cccc(CN2CCC(C(=O)O)(C(C)C)C2)c1. The predicted molar refractivity (Wildman–Crippen MR) is 77.8 cm³/mol. The van der Waals surface area contributed by atoms with Crippen molar-refractivity contribution in [1.82, 2.24) is 4.90 Å². The summed E-state index contributed by atoms with van der Waals surface area (Å²) in [5.41, 5.74) is 0.563. The van der Waals surface area contributed by atoms with E-state index in [1.807, 2.05) is 32.0 Å². The average molecular weight is 277 g/mol. The molecule has 1 aromatic rings. The highest BCUT2D eigenvalue weighted by Crippen LogP contribution is 2.38. The molecule has 0 saturated carbocycles. The zero-order valence-electron chi connectivity index (χ0n) is 12.4. The van der Waals surface area contributed by atoms with E-state index in [2.05, 4.69) is 11.0 Å². The maximum absolute atomic E-state index is 11.6. The summed E-state index contributed by atoms with van der Waals surface area (Å²) in [6, 6.07) is 7.95. The van der Waals surface area contributed by atoms with Gasteiger partial charge < -0.3 is 9.84 Å². The van der Waals surface area contributed by atoms with Gasteiger partial charge in [-0.25, -0.2) is 0 Å². The third-order valence-electron chi connectivity index (χ3n) is 4.45. The van der Waals surface area contributed by atoms with Crippen LogP contribution in [0.4, 0.5) is 0 Å². The summed E-state index contributed by atoms with van der Waals surface area (Å²) >= 11 is 0. The third kappa shape index (κ3) is 2.80. The number of carboxylic acid groups (broad SMARTS) is 1. The molecular formula is C16H23NO3. The van der Waals surface area contributed by atoms with Gasteiger partial charge in [-0.1, -0.05) is 26.0 Å². The number of carbonyl (C=O) groups is 1. The fraction of sp³-hybridized carbons (Fsp3) is 0.562. The van der Waals surface area contributed by atoms with Crippen molar-refractivity contribution in [2.45, 2.75) is 26.8 Å². The molecule has 0 radical (unpaired) electrons. The van der Waals surface area contributed by atoms with Gasteiger partial charge in [0.25, 0.3) is 0 Å². The summed E-state index contributed by atoms with van der Waals surface area (Å²) in [6.45, 7) is 6.24. The van der Waals surface area contributed by atoms with Crippen LogP contribution in [0.1, 0.15) is 25.8 Å². The Labute approximate surface area is 120 Å². The summed E-state index contributed by atoms with van der Waals surface area (Å²) in [5, 5.41) is 9.55. The minimum Gasteiger partial charge on any atom is -0.497 e. The van der Waals surface area contributed by atoms with Crippen molar-refractivity contribution in [3.8, 4) is 5.75 Å². The van der Waals surface area contributed by atoms with Crippen molar-refractivity contribution in [1.29, 1.82) is 0 Å². The number of likely N-dealkylation sites (tertiary alicyclic amines) is 1. The Kier molecular flexibility index (Phi) is 4.33. The molecule has 4 nitrogen and oxygen atoms in total. The van der Waals surface area contributed by atoms with Crippen LogP contribution >= 0.6 is 0 Å². The van der Waals surface area contributed by atoms with Crippen LogP contribution in [0.3, 0.4) is 0 Å². The lowest BCUT2D eigenvalue weighted by Crippen LogP contribution is -2.39. The summed E-state index contributed by atoms with van der Waals surface area (Å²) in [6.07, 6.45) is 0.726. The van der Waals surface area contributed by atoms with Gasteiger partial charge in [-0.3, -0.25) is 9.69 Å². The molecule has 4 heteroatoms. The van der Waals surface area contributed by atoms with Gasteiger partial charge in [0.05, 0.1) is 12.5 Å². The second-order valence-corrected chi connectivity index (χ2v) is 5.93. The zero-order chi connectivity index (χ0) is 14.8. The van der Waals surface area contributed by atoms with E-state index in [0.29, 0.717) is 6.54 Å². The van der Waals surface area contributed by atoms with Gasteiger partial charge in [-0.15, -0.1) is 0 Å². The topological polar surface area (TPSA) is 49.8 Å². The maximum Gasteiger partial charge on any atom is 0.311 e. The van der Waals surface area contributed by atoms with Crippen LogP contribution in [0.15, 0.2) is 24.3 Å². The minimum atomic E-state index is -0.666. The van der Waals surface area contributed by atoms with Gasteiger partial charge in [0.15, 0.2) is 0 Å². The first-order valence-electron chi connectivity index (χ1n) is 7.06. The second-order valence-electron chi connectivity index (χ2n) is 5.93. The van der Waals surface area contributed by atoms with Crippen LogP contribution in [0.25, 0.3) is 0 Å². The molecular weight excluding hydrogens is 254 g/mol. The van der Waals surface area contributed by atoms with E-state index in [1.54, 1.807) is 7.11 Å². The van der Waals surface area contributed by atoms with Crippen LogP contribution in [-0.4, -0.2) is 36.2 Å². The van der Waals surface area contributed by atoms with Gasteiger partial charge in [-0.05, 0) is 36.6 Å². The van der Waals surface area contributed by atoms with E-state index in [-0.39, 0.29) is 5.92 Å². The van der Waals surface area contributed by atoms with E-state index in [1.165, 1.54) is 0 Å². The number of hydrogen-bond donors (Lipinski definition) is 1. The van der Waals surface area contributed by atoms with Crippen LogP contribution in [-0.2, 0) is 11.3 Å². The maximum atomic E-state index is 11.6. The number of benzene rings is 1. The van der Waals surface area contributed by atoms with Gasteiger partial charge in [0, 0.05) is 13.1 Å². The van der Waals surface area contributed by atoms with Crippen molar-refractivity contribution in [3.05, 3.63) is 29.8 Å². The first-order valence-corrected chi connectivity index (χ1v) is 7.06. The fourth-order valence-electron chi connectivity index (χ4n) is 2.97. The first-order chi connectivity index (χ1) is 9.48. The Hall–Kier alpha value is -1.55. The van der Waals surface area contributed by atoms with Gasteiger partial charge in [-0.2, -0.15) is 0 Å². The van der Waals surface area contributed by atoms with Crippen LogP contribution in [0, 0.1) is 11.3 Å². The molecule has 0 aliphatic carbocycles. The van der Waals surface area contributed by atoms with Gasteiger partial charge >= 0.3 is 5.97 Å². The van der Waals surface area contributed by atoms with Gasteiger partial charge in [0.2, 0.25) is 0 Å².